The number of fused-ring (bicyclic) bond motifs is 1. The lowest BCUT2D eigenvalue weighted by Crippen LogP contribution is -2.51. The molecule has 120 valence electrons. The predicted molar refractivity (Wildman–Crippen MR) is 87.1 cm³/mol. The third kappa shape index (κ3) is 2.45. The van der Waals surface area contributed by atoms with Gasteiger partial charge in [0.2, 0.25) is 0 Å². The van der Waals surface area contributed by atoms with Gasteiger partial charge >= 0.3 is 5.97 Å². The lowest BCUT2D eigenvalue weighted by molar-refractivity contribution is -0.159. The van der Waals surface area contributed by atoms with Crippen molar-refractivity contribution in [2.45, 2.75) is 73.6 Å². The molecule has 0 spiro atoms. The largest absolute Gasteiger partial charge is 0.481 e. The van der Waals surface area contributed by atoms with Crippen LogP contribution in [0.25, 0.3) is 0 Å². The van der Waals surface area contributed by atoms with E-state index in [-0.39, 0.29) is 11.3 Å². The highest BCUT2D eigenvalue weighted by Gasteiger charge is 2.56. The highest BCUT2D eigenvalue weighted by Crippen LogP contribution is 2.61. The number of carboxylic acid groups (broad SMARTS) is 1. The molecule has 0 radical (unpaired) electrons. The zero-order valence-electron chi connectivity index (χ0n) is 14.6. The maximum Gasteiger partial charge on any atom is 0.309 e. The molecule has 2 aliphatic carbocycles. The average molecular weight is 292 g/mol. The highest BCUT2D eigenvalue weighted by atomic mass is 16.4. The van der Waals surface area contributed by atoms with E-state index in [0.29, 0.717) is 11.8 Å². The van der Waals surface area contributed by atoms with Gasteiger partial charge in [0.15, 0.2) is 0 Å². The Morgan fingerprint density at radius 2 is 1.76 bits per heavy atom. The fourth-order valence-electron chi connectivity index (χ4n) is 5.52. The number of carboxylic acids is 1. The Balaban J connectivity index is 2.57. The fourth-order valence-corrected chi connectivity index (χ4v) is 5.52. The number of hydrogen-bond donors (Lipinski definition) is 1. The molecular formula is C19H32O2. The van der Waals surface area contributed by atoms with Crippen molar-refractivity contribution in [3.05, 3.63) is 11.1 Å². The minimum absolute atomic E-state index is 0.0808. The van der Waals surface area contributed by atoms with Gasteiger partial charge in [-0.2, -0.15) is 0 Å². The molecule has 0 bridgehead atoms. The standard InChI is InChI=1S/C19H32O2/c1-12(2)14-8-9-15-18(5,16(14)13(3)4)10-7-11-19(15,6)17(20)21/h12-13,15H,7-11H2,1-6H3,(H,20,21). The molecule has 1 saturated carbocycles. The Labute approximate surface area is 130 Å². The molecule has 0 saturated heterocycles. The zero-order valence-corrected chi connectivity index (χ0v) is 14.6. The summed E-state index contributed by atoms with van der Waals surface area (Å²) in [6, 6.07) is 0. The highest BCUT2D eigenvalue weighted by molar-refractivity contribution is 5.75. The molecule has 2 rings (SSSR count). The summed E-state index contributed by atoms with van der Waals surface area (Å²) >= 11 is 0. The van der Waals surface area contributed by atoms with Crippen LogP contribution in [0.1, 0.15) is 73.6 Å². The third-order valence-electron chi connectivity index (χ3n) is 6.36. The third-order valence-corrected chi connectivity index (χ3v) is 6.36. The van der Waals surface area contributed by atoms with E-state index < -0.39 is 11.4 Å². The Hall–Kier alpha value is -0.790. The van der Waals surface area contributed by atoms with Gasteiger partial charge < -0.3 is 5.11 Å². The predicted octanol–water partition coefficient (Wildman–Crippen LogP) is 5.29. The van der Waals surface area contributed by atoms with Crippen molar-refractivity contribution < 1.29 is 9.90 Å². The summed E-state index contributed by atoms with van der Waals surface area (Å²) in [6.45, 7) is 13.5. The van der Waals surface area contributed by atoms with E-state index in [1.165, 1.54) is 0 Å². The maximum atomic E-state index is 11.9. The van der Waals surface area contributed by atoms with Crippen LogP contribution in [-0.2, 0) is 4.79 Å². The molecule has 2 heteroatoms. The SMILES string of the molecule is CC(C)C1=C(C(C)C)C2(C)CCCC(C)(C(=O)O)C2CC1. The van der Waals surface area contributed by atoms with Crippen LogP contribution < -0.4 is 0 Å². The van der Waals surface area contributed by atoms with Crippen molar-refractivity contribution in [2.24, 2.45) is 28.6 Å². The van der Waals surface area contributed by atoms with E-state index in [4.69, 9.17) is 0 Å². The van der Waals surface area contributed by atoms with Gasteiger partial charge in [0.25, 0.3) is 0 Å². The Morgan fingerprint density at radius 3 is 2.24 bits per heavy atom. The second-order valence-corrected chi connectivity index (χ2v) is 8.33. The minimum atomic E-state index is -0.588. The average Bonchev–Trinajstić information content (AvgIpc) is 2.36. The van der Waals surface area contributed by atoms with Crippen molar-refractivity contribution >= 4 is 5.97 Å². The van der Waals surface area contributed by atoms with Crippen LogP contribution in [0.4, 0.5) is 0 Å². The van der Waals surface area contributed by atoms with Crippen LogP contribution in [0.15, 0.2) is 11.1 Å². The molecule has 1 fully saturated rings. The summed E-state index contributed by atoms with van der Waals surface area (Å²) in [5.74, 6) is 0.801. The maximum absolute atomic E-state index is 11.9. The summed E-state index contributed by atoms with van der Waals surface area (Å²) in [7, 11) is 0. The van der Waals surface area contributed by atoms with Gasteiger partial charge in [0.05, 0.1) is 5.41 Å². The van der Waals surface area contributed by atoms with E-state index in [1.54, 1.807) is 11.1 Å². The van der Waals surface area contributed by atoms with Crippen LogP contribution in [0.5, 0.6) is 0 Å². The molecule has 1 N–H and O–H groups in total. The monoisotopic (exact) mass is 292 g/mol. The molecule has 3 unspecified atom stereocenters. The van der Waals surface area contributed by atoms with E-state index in [2.05, 4.69) is 34.6 Å². The summed E-state index contributed by atoms with van der Waals surface area (Å²) in [5, 5.41) is 9.83. The van der Waals surface area contributed by atoms with Crippen LogP contribution in [-0.4, -0.2) is 11.1 Å². The van der Waals surface area contributed by atoms with Crippen LogP contribution in [0.3, 0.4) is 0 Å². The molecule has 2 nitrogen and oxygen atoms in total. The molecule has 0 amide bonds. The van der Waals surface area contributed by atoms with Crippen molar-refractivity contribution in [1.82, 2.24) is 0 Å². The van der Waals surface area contributed by atoms with Gasteiger partial charge in [-0.25, -0.2) is 0 Å². The Morgan fingerprint density at radius 1 is 1.14 bits per heavy atom. The van der Waals surface area contributed by atoms with E-state index >= 15 is 0 Å². The van der Waals surface area contributed by atoms with Crippen molar-refractivity contribution in [3.8, 4) is 0 Å². The first-order chi connectivity index (χ1) is 9.64. The van der Waals surface area contributed by atoms with Gasteiger partial charge in [-0.15, -0.1) is 0 Å². The van der Waals surface area contributed by atoms with Gasteiger partial charge in [-0.1, -0.05) is 52.2 Å². The Bertz CT molecular complexity index is 460. The molecule has 2 aliphatic rings. The normalized spacial score (nSPS) is 37.0. The first-order valence-electron chi connectivity index (χ1n) is 8.61. The molecule has 0 aromatic rings. The molecule has 0 aromatic carbocycles. The lowest BCUT2D eigenvalue weighted by Gasteiger charge is -2.56. The van der Waals surface area contributed by atoms with E-state index in [0.717, 1.165) is 32.1 Å². The molecule has 0 aliphatic heterocycles. The first kappa shape index (κ1) is 16.6. The topological polar surface area (TPSA) is 37.3 Å². The van der Waals surface area contributed by atoms with Crippen LogP contribution >= 0.6 is 0 Å². The van der Waals surface area contributed by atoms with Gasteiger partial charge in [-0.05, 0) is 55.8 Å². The quantitative estimate of drug-likeness (QED) is 0.718. The number of allylic oxidation sites excluding steroid dienone is 2. The summed E-state index contributed by atoms with van der Waals surface area (Å²) in [4.78, 5) is 11.9. The van der Waals surface area contributed by atoms with E-state index in [1.807, 2.05) is 6.92 Å². The molecule has 21 heavy (non-hydrogen) atoms. The lowest BCUT2D eigenvalue weighted by atomic mass is 9.48. The first-order valence-corrected chi connectivity index (χ1v) is 8.61. The van der Waals surface area contributed by atoms with Gasteiger partial charge in [0, 0.05) is 0 Å². The Kier molecular flexibility index (Phi) is 4.30. The molecule has 0 aromatic heterocycles. The number of hydrogen-bond acceptors (Lipinski definition) is 1. The molecule has 0 heterocycles. The van der Waals surface area contributed by atoms with Crippen LogP contribution in [0.2, 0.25) is 0 Å². The second-order valence-electron chi connectivity index (χ2n) is 8.33. The summed E-state index contributed by atoms with van der Waals surface area (Å²) < 4.78 is 0. The van der Waals surface area contributed by atoms with Gasteiger partial charge in [-0.3, -0.25) is 4.79 Å². The minimum Gasteiger partial charge on any atom is -0.481 e. The molecule has 3 atom stereocenters. The smallest absolute Gasteiger partial charge is 0.309 e. The van der Waals surface area contributed by atoms with Crippen LogP contribution in [0, 0.1) is 28.6 Å². The summed E-state index contributed by atoms with van der Waals surface area (Å²) in [6.07, 6.45) is 5.17. The molecular weight excluding hydrogens is 260 g/mol. The van der Waals surface area contributed by atoms with Crippen molar-refractivity contribution in [1.29, 1.82) is 0 Å². The van der Waals surface area contributed by atoms with E-state index in [9.17, 15) is 9.90 Å². The van der Waals surface area contributed by atoms with Crippen molar-refractivity contribution in [2.75, 3.05) is 0 Å². The second kappa shape index (κ2) is 5.44. The summed E-state index contributed by atoms with van der Waals surface area (Å²) in [5.41, 5.74) is 2.73. The van der Waals surface area contributed by atoms with Crippen molar-refractivity contribution in [3.63, 3.8) is 0 Å². The van der Waals surface area contributed by atoms with Gasteiger partial charge in [0.1, 0.15) is 0 Å². The number of rotatable bonds is 3. The number of carbonyl (C=O) groups is 1. The fraction of sp³-hybridized carbons (Fsp3) is 0.842. The number of aliphatic carboxylic acids is 1. The zero-order chi connectivity index (χ0) is 16.0.